The molecule has 1 fully saturated rings. The molecule has 0 radical (unpaired) electrons. The number of hydrogen-bond donors (Lipinski definition) is 2. The summed E-state index contributed by atoms with van der Waals surface area (Å²) in [5.74, 6) is 0.803. The van der Waals surface area contributed by atoms with Crippen LogP contribution in [0.3, 0.4) is 0 Å². The first-order valence-electron chi connectivity index (χ1n) is 9.30. The fourth-order valence-electron chi connectivity index (χ4n) is 3.02. The van der Waals surface area contributed by atoms with E-state index < -0.39 is 9.84 Å². The van der Waals surface area contributed by atoms with Crippen LogP contribution in [0.15, 0.2) is 34.2 Å². The summed E-state index contributed by atoms with van der Waals surface area (Å²) < 4.78 is 23.0. The van der Waals surface area contributed by atoms with Crippen molar-refractivity contribution in [3.63, 3.8) is 0 Å². The summed E-state index contributed by atoms with van der Waals surface area (Å²) in [5.41, 5.74) is 1.10. The normalized spacial score (nSPS) is 15.0. The van der Waals surface area contributed by atoms with Crippen LogP contribution in [0.1, 0.15) is 32.3 Å². The van der Waals surface area contributed by atoms with E-state index in [0.717, 1.165) is 43.6 Å². The third kappa shape index (κ3) is 8.35. The molecule has 1 aliphatic rings. The summed E-state index contributed by atoms with van der Waals surface area (Å²) >= 11 is 0. The van der Waals surface area contributed by atoms with Crippen LogP contribution in [0.5, 0.6) is 0 Å². The lowest BCUT2D eigenvalue weighted by Gasteiger charge is -2.26. The van der Waals surface area contributed by atoms with E-state index in [9.17, 15) is 8.42 Å². The zero-order valence-electron chi connectivity index (χ0n) is 16.7. The number of nitrogens with zero attached hydrogens (tertiary/aromatic N) is 2. The molecular formula is C19H33IN4O2S. The summed E-state index contributed by atoms with van der Waals surface area (Å²) in [6.07, 6.45) is 4.68. The lowest BCUT2D eigenvalue weighted by atomic mass is 10.1. The fourth-order valence-corrected chi connectivity index (χ4v) is 3.65. The van der Waals surface area contributed by atoms with Gasteiger partial charge in [-0.05, 0) is 50.8 Å². The summed E-state index contributed by atoms with van der Waals surface area (Å²) in [7, 11) is -1.36. The monoisotopic (exact) mass is 508 g/mol. The predicted molar refractivity (Wildman–Crippen MR) is 123 cm³/mol. The van der Waals surface area contributed by atoms with Gasteiger partial charge in [-0.25, -0.2) is 8.42 Å². The SMILES string of the molecule is CN=C(NCCc1ccc(S(C)(=O)=O)cc1)NCCN(C(C)C)C1CC1.I. The summed E-state index contributed by atoms with van der Waals surface area (Å²) in [6.45, 7) is 7.14. The number of hydrogen-bond acceptors (Lipinski definition) is 4. The molecule has 0 heterocycles. The van der Waals surface area contributed by atoms with E-state index in [-0.39, 0.29) is 24.0 Å². The molecule has 0 saturated heterocycles. The van der Waals surface area contributed by atoms with Crippen molar-refractivity contribution in [1.29, 1.82) is 0 Å². The molecule has 2 N–H and O–H groups in total. The summed E-state index contributed by atoms with van der Waals surface area (Å²) in [5, 5.41) is 6.68. The molecule has 1 aromatic carbocycles. The van der Waals surface area contributed by atoms with E-state index in [1.165, 1.54) is 19.1 Å². The number of nitrogens with one attached hydrogen (secondary N) is 2. The maximum absolute atomic E-state index is 11.5. The Bertz CT molecular complexity index is 699. The van der Waals surface area contributed by atoms with Gasteiger partial charge in [-0.1, -0.05) is 12.1 Å². The van der Waals surface area contributed by atoms with Crippen LogP contribution >= 0.6 is 24.0 Å². The van der Waals surface area contributed by atoms with Gasteiger partial charge in [0.2, 0.25) is 0 Å². The minimum atomic E-state index is -3.13. The maximum atomic E-state index is 11.5. The molecule has 27 heavy (non-hydrogen) atoms. The molecule has 1 aromatic rings. The third-order valence-electron chi connectivity index (χ3n) is 4.62. The number of sulfone groups is 1. The van der Waals surface area contributed by atoms with E-state index in [0.29, 0.717) is 10.9 Å². The summed E-state index contributed by atoms with van der Waals surface area (Å²) in [6, 6.07) is 8.40. The van der Waals surface area contributed by atoms with Gasteiger partial charge in [0.15, 0.2) is 15.8 Å². The van der Waals surface area contributed by atoms with Crippen LogP contribution in [0.2, 0.25) is 0 Å². The molecule has 1 saturated carbocycles. The Kier molecular flexibility index (Phi) is 10.0. The van der Waals surface area contributed by atoms with Crippen molar-refractivity contribution in [1.82, 2.24) is 15.5 Å². The third-order valence-corrected chi connectivity index (χ3v) is 5.75. The van der Waals surface area contributed by atoms with Gasteiger partial charge in [0, 0.05) is 45.0 Å². The molecule has 0 aromatic heterocycles. The second kappa shape index (κ2) is 11.2. The molecular weight excluding hydrogens is 475 g/mol. The minimum absolute atomic E-state index is 0. The van der Waals surface area contributed by atoms with E-state index >= 15 is 0 Å². The molecule has 1 aliphatic carbocycles. The Labute approximate surface area is 181 Å². The second-order valence-corrected chi connectivity index (χ2v) is 9.17. The molecule has 0 spiro atoms. The Hall–Kier alpha value is -0.870. The largest absolute Gasteiger partial charge is 0.356 e. The number of rotatable bonds is 9. The Morgan fingerprint density at radius 2 is 1.78 bits per heavy atom. The van der Waals surface area contributed by atoms with E-state index in [1.54, 1.807) is 19.2 Å². The van der Waals surface area contributed by atoms with Gasteiger partial charge < -0.3 is 10.6 Å². The number of halogens is 1. The standard InChI is InChI=1S/C19H32N4O2S.HI/c1-15(2)23(17-7-8-17)14-13-22-19(20-3)21-12-11-16-5-9-18(10-6-16)26(4,24)25;/h5-6,9-10,15,17H,7-8,11-14H2,1-4H3,(H2,20,21,22);1H. The van der Waals surface area contributed by atoms with Crippen molar-refractivity contribution in [2.24, 2.45) is 4.99 Å². The highest BCUT2D eigenvalue weighted by Crippen LogP contribution is 2.27. The molecule has 6 nitrogen and oxygen atoms in total. The smallest absolute Gasteiger partial charge is 0.191 e. The average Bonchev–Trinajstić information content (AvgIpc) is 3.41. The van der Waals surface area contributed by atoms with Gasteiger partial charge in [-0.3, -0.25) is 9.89 Å². The van der Waals surface area contributed by atoms with Gasteiger partial charge in [0.05, 0.1) is 4.90 Å². The van der Waals surface area contributed by atoms with Crippen molar-refractivity contribution in [3.8, 4) is 0 Å². The van der Waals surface area contributed by atoms with Gasteiger partial charge in [0.25, 0.3) is 0 Å². The fraction of sp³-hybridized carbons (Fsp3) is 0.632. The van der Waals surface area contributed by atoms with Crippen LogP contribution in [0, 0.1) is 0 Å². The van der Waals surface area contributed by atoms with Crippen molar-refractivity contribution in [2.45, 2.75) is 50.1 Å². The number of benzene rings is 1. The Balaban J connectivity index is 0.00000364. The quantitative estimate of drug-likeness (QED) is 0.304. The van der Waals surface area contributed by atoms with Crippen LogP contribution in [0.25, 0.3) is 0 Å². The zero-order chi connectivity index (χ0) is 19.2. The second-order valence-electron chi connectivity index (χ2n) is 7.15. The highest BCUT2D eigenvalue weighted by atomic mass is 127. The van der Waals surface area contributed by atoms with Gasteiger partial charge >= 0.3 is 0 Å². The molecule has 0 bridgehead atoms. The highest BCUT2D eigenvalue weighted by Gasteiger charge is 2.30. The lowest BCUT2D eigenvalue weighted by Crippen LogP contribution is -2.44. The van der Waals surface area contributed by atoms with Crippen LogP contribution in [-0.2, 0) is 16.3 Å². The van der Waals surface area contributed by atoms with Crippen molar-refractivity contribution >= 4 is 39.8 Å². The van der Waals surface area contributed by atoms with E-state index in [2.05, 4.69) is 34.4 Å². The maximum Gasteiger partial charge on any atom is 0.191 e. The number of guanidine groups is 1. The molecule has 0 unspecified atom stereocenters. The molecule has 0 aliphatic heterocycles. The highest BCUT2D eigenvalue weighted by molar-refractivity contribution is 14.0. The predicted octanol–water partition coefficient (Wildman–Crippen LogP) is 2.29. The van der Waals surface area contributed by atoms with Gasteiger partial charge in [-0.2, -0.15) is 0 Å². The Morgan fingerprint density at radius 1 is 1.19 bits per heavy atom. The first kappa shape index (κ1) is 24.2. The lowest BCUT2D eigenvalue weighted by molar-refractivity contribution is 0.215. The summed E-state index contributed by atoms with van der Waals surface area (Å²) in [4.78, 5) is 7.17. The van der Waals surface area contributed by atoms with E-state index in [4.69, 9.17) is 0 Å². The molecule has 8 heteroatoms. The number of aliphatic imine (C=N–C) groups is 1. The molecule has 154 valence electrons. The van der Waals surface area contributed by atoms with Crippen molar-refractivity contribution < 1.29 is 8.42 Å². The molecule has 2 rings (SSSR count). The van der Waals surface area contributed by atoms with Crippen LogP contribution in [-0.4, -0.2) is 64.3 Å². The van der Waals surface area contributed by atoms with Crippen molar-refractivity contribution in [3.05, 3.63) is 29.8 Å². The van der Waals surface area contributed by atoms with Crippen molar-refractivity contribution in [2.75, 3.05) is 32.9 Å². The van der Waals surface area contributed by atoms with E-state index in [1.807, 2.05) is 12.1 Å². The minimum Gasteiger partial charge on any atom is -0.356 e. The zero-order valence-corrected chi connectivity index (χ0v) is 19.9. The average molecular weight is 508 g/mol. The van der Waals surface area contributed by atoms with Gasteiger partial charge in [-0.15, -0.1) is 24.0 Å². The topological polar surface area (TPSA) is 73.8 Å². The van der Waals surface area contributed by atoms with Crippen LogP contribution < -0.4 is 10.6 Å². The van der Waals surface area contributed by atoms with Crippen LogP contribution in [0.4, 0.5) is 0 Å². The Morgan fingerprint density at radius 3 is 2.26 bits per heavy atom. The van der Waals surface area contributed by atoms with Gasteiger partial charge in [0.1, 0.15) is 0 Å². The molecule has 0 atom stereocenters. The molecule has 0 amide bonds. The first-order valence-corrected chi connectivity index (χ1v) is 11.2. The first-order chi connectivity index (χ1) is 12.3.